The molecule has 38 heavy (non-hydrogen) atoms. The smallest absolute Gasteiger partial charge is 0.465 e. The summed E-state index contributed by atoms with van der Waals surface area (Å²) in [6.45, 7) is 0.367. The second-order valence-corrected chi connectivity index (χ2v) is 9.64. The van der Waals surface area contributed by atoms with Gasteiger partial charge in [0.25, 0.3) is 0 Å². The summed E-state index contributed by atoms with van der Waals surface area (Å²) >= 11 is 1.42. The number of thioether (sulfide) groups is 1. The summed E-state index contributed by atoms with van der Waals surface area (Å²) in [7, 11) is 2.46. The van der Waals surface area contributed by atoms with Crippen LogP contribution in [0.2, 0.25) is 0 Å². The molecule has 0 N–H and O–H groups in total. The standard InChI is InChI=1S/C28H26F3N3O3S/c1-33(26(36)28(29,30)31)15-14-22-17-34(16-20-11-7-10-19-8-3-5-12-23(19)20)27(32-22)38-18-21-9-4-6-13-24(21)25(35)37-2/h3-13,17H,14-16,18H2,1-2H3. The maximum atomic E-state index is 12.8. The fourth-order valence-corrected chi connectivity index (χ4v) is 5.11. The van der Waals surface area contributed by atoms with E-state index >= 15 is 0 Å². The quantitative estimate of drug-likeness (QED) is 0.200. The number of amides is 1. The van der Waals surface area contributed by atoms with E-state index in [0.29, 0.717) is 33.6 Å². The van der Waals surface area contributed by atoms with E-state index < -0.39 is 18.1 Å². The van der Waals surface area contributed by atoms with Gasteiger partial charge in [0.1, 0.15) is 0 Å². The maximum Gasteiger partial charge on any atom is 0.471 e. The monoisotopic (exact) mass is 541 g/mol. The molecule has 3 aromatic carbocycles. The lowest BCUT2D eigenvalue weighted by Gasteiger charge is -2.17. The molecule has 198 valence electrons. The van der Waals surface area contributed by atoms with Gasteiger partial charge in [-0.05, 0) is 28.0 Å². The van der Waals surface area contributed by atoms with Crippen molar-refractivity contribution < 1.29 is 27.5 Å². The van der Waals surface area contributed by atoms with Crippen LogP contribution in [0.3, 0.4) is 0 Å². The molecule has 0 bridgehead atoms. The summed E-state index contributed by atoms with van der Waals surface area (Å²) in [5.74, 6) is -1.89. The zero-order valence-corrected chi connectivity index (χ0v) is 21.7. The van der Waals surface area contributed by atoms with Crippen LogP contribution in [0, 0.1) is 0 Å². The van der Waals surface area contributed by atoms with Crippen LogP contribution in [-0.4, -0.2) is 53.2 Å². The lowest BCUT2D eigenvalue weighted by atomic mass is 10.0. The average Bonchev–Trinajstić information content (AvgIpc) is 3.30. The van der Waals surface area contributed by atoms with Crippen molar-refractivity contribution in [1.82, 2.24) is 14.5 Å². The van der Waals surface area contributed by atoms with Crippen molar-refractivity contribution in [2.45, 2.75) is 30.1 Å². The Bertz CT molecular complexity index is 1450. The highest BCUT2D eigenvalue weighted by atomic mass is 32.2. The Kier molecular flexibility index (Phi) is 8.41. The number of alkyl halides is 3. The van der Waals surface area contributed by atoms with Crippen LogP contribution in [0.5, 0.6) is 0 Å². The van der Waals surface area contributed by atoms with Crippen molar-refractivity contribution in [2.75, 3.05) is 20.7 Å². The first-order valence-electron chi connectivity index (χ1n) is 11.8. The van der Waals surface area contributed by atoms with Gasteiger partial charge in [0.2, 0.25) is 0 Å². The molecule has 10 heteroatoms. The molecule has 0 aliphatic carbocycles. The summed E-state index contributed by atoms with van der Waals surface area (Å²) in [6, 6.07) is 21.2. The van der Waals surface area contributed by atoms with Gasteiger partial charge in [-0.3, -0.25) is 4.79 Å². The Morgan fingerprint density at radius 2 is 1.68 bits per heavy atom. The van der Waals surface area contributed by atoms with Gasteiger partial charge in [-0.15, -0.1) is 0 Å². The molecule has 0 unspecified atom stereocenters. The van der Waals surface area contributed by atoms with Gasteiger partial charge in [-0.2, -0.15) is 13.2 Å². The molecule has 0 spiro atoms. The first-order valence-corrected chi connectivity index (χ1v) is 12.8. The summed E-state index contributed by atoms with van der Waals surface area (Å²) in [6.07, 6.45) is -2.95. The fraction of sp³-hybridized carbons (Fsp3) is 0.250. The van der Waals surface area contributed by atoms with Gasteiger partial charge < -0.3 is 14.2 Å². The van der Waals surface area contributed by atoms with Gasteiger partial charge >= 0.3 is 18.1 Å². The van der Waals surface area contributed by atoms with Crippen LogP contribution in [0.1, 0.15) is 27.2 Å². The Labute approximate surface area is 222 Å². The Hall–Kier alpha value is -3.79. The number of carbonyl (C=O) groups excluding carboxylic acids is 2. The molecule has 4 aromatic rings. The molecular weight excluding hydrogens is 515 g/mol. The van der Waals surface area contributed by atoms with Gasteiger partial charge in [0.15, 0.2) is 5.16 Å². The zero-order chi connectivity index (χ0) is 27.3. The van der Waals surface area contributed by atoms with Gasteiger partial charge in [-0.1, -0.05) is 72.4 Å². The third-order valence-electron chi connectivity index (χ3n) is 6.08. The number of rotatable bonds is 9. The van der Waals surface area contributed by atoms with E-state index in [9.17, 15) is 22.8 Å². The van der Waals surface area contributed by atoms with Crippen LogP contribution < -0.4 is 0 Å². The maximum absolute atomic E-state index is 12.8. The number of methoxy groups -OCH3 is 1. The molecule has 0 saturated heterocycles. The van der Waals surface area contributed by atoms with E-state index in [1.165, 1.54) is 18.9 Å². The van der Waals surface area contributed by atoms with Crippen molar-refractivity contribution >= 4 is 34.4 Å². The molecule has 1 aromatic heterocycles. The number of esters is 1. The SMILES string of the molecule is COC(=O)c1ccccc1CSc1nc(CCN(C)C(=O)C(F)(F)F)cn1Cc1cccc2ccccc12. The highest BCUT2D eigenvalue weighted by molar-refractivity contribution is 7.98. The molecule has 4 rings (SSSR count). The first-order chi connectivity index (χ1) is 18.2. The van der Waals surface area contributed by atoms with Crippen molar-refractivity contribution in [2.24, 2.45) is 0 Å². The number of carbonyl (C=O) groups is 2. The van der Waals surface area contributed by atoms with Crippen LogP contribution in [-0.2, 0) is 28.2 Å². The third-order valence-corrected chi connectivity index (χ3v) is 7.12. The van der Waals surface area contributed by atoms with E-state index in [0.717, 1.165) is 28.9 Å². The number of hydrogen-bond donors (Lipinski definition) is 0. The molecule has 0 fully saturated rings. The molecular formula is C28H26F3N3O3S. The van der Waals surface area contributed by atoms with Crippen molar-refractivity contribution in [3.63, 3.8) is 0 Å². The normalized spacial score (nSPS) is 11.5. The fourth-order valence-electron chi connectivity index (χ4n) is 4.11. The topological polar surface area (TPSA) is 64.4 Å². The third kappa shape index (κ3) is 6.36. The predicted octanol–water partition coefficient (Wildman–Crippen LogP) is 5.73. The summed E-state index contributed by atoms with van der Waals surface area (Å²) in [4.78, 5) is 29.1. The van der Waals surface area contributed by atoms with E-state index in [4.69, 9.17) is 4.74 Å². The number of hydrogen-bond acceptors (Lipinski definition) is 5. The number of benzene rings is 3. The van der Waals surface area contributed by atoms with Crippen LogP contribution >= 0.6 is 11.8 Å². The molecule has 0 saturated carbocycles. The molecule has 0 atom stereocenters. The minimum absolute atomic E-state index is 0.126. The second kappa shape index (κ2) is 11.7. The summed E-state index contributed by atoms with van der Waals surface area (Å²) < 4.78 is 45.2. The predicted molar refractivity (Wildman–Crippen MR) is 140 cm³/mol. The molecule has 1 heterocycles. The van der Waals surface area contributed by atoms with E-state index in [-0.39, 0.29) is 13.0 Å². The molecule has 0 aliphatic rings. The Morgan fingerprint density at radius 1 is 1.00 bits per heavy atom. The Morgan fingerprint density at radius 3 is 2.45 bits per heavy atom. The molecule has 0 radical (unpaired) electrons. The number of aromatic nitrogens is 2. The molecule has 6 nitrogen and oxygen atoms in total. The van der Waals surface area contributed by atoms with E-state index in [1.807, 2.05) is 65.4 Å². The van der Waals surface area contributed by atoms with Crippen LogP contribution in [0.25, 0.3) is 10.8 Å². The lowest BCUT2D eigenvalue weighted by Crippen LogP contribution is -2.39. The number of nitrogens with zero attached hydrogens (tertiary/aromatic N) is 3. The molecule has 1 amide bonds. The number of halogens is 3. The average molecular weight is 542 g/mol. The first kappa shape index (κ1) is 27.3. The Balaban J connectivity index is 1.60. The lowest BCUT2D eigenvalue weighted by molar-refractivity contribution is -0.184. The van der Waals surface area contributed by atoms with Gasteiger partial charge in [-0.25, -0.2) is 9.78 Å². The summed E-state index contributed by atoms with van der Waals surface area (Å²) in [5, 5.41) is 2.84. The second-order valence-electron chi connectivity index (χ2n) is 8.69. The van der Waals surface area contributed by atoms with Crippen molar-refractivity contribution in [3.05, 3.63) is 95.3 Å². The number of fused-ring (bicyclic) bond motifs is 1. The minimum Gasteiger partial charge on any atom is -0.465 e. The summed E-state index contributed by atoms with van der Waals surface area (Å²) in [5.41, 5.74) is 2.87. The number of imidazole rings is 1. The molecule has 0 aliphatic heterocycles. The van der Waals surface area contributed by atoms with E-state index in [2.05, 4.69) is 4.98 Å². The van der Waals surface area contributed by atoms with Crippen molar-refractivity contribution in [3.8, 4) is 0 Å². The largest absolute Gasteiger partial charge is 0.471 e. The van der Waals surface area contributed by atoms with Crippen LogP contribution in [0.4, 0.5) is 13.2 Å². The minimum atomic E-state index is -4.92. The van der Waals surface area contributed by atoms with Crippen molar-refractivity contribution in [1.29, 1.82) is 0 Å². The number of likely N-dealkylation sites (N-methyl/N-ethyl adjacent to an activating group) is 1. The van der Waals surface area contributed by atoms with Gasteiger partial charge in [0, 0.05) is 32.0 Å². The zero-order valence-electron chi connectivity index (χ0n) is 20.9. The number of ether oxygens (including phenoxy) is 1. The van der Waals surface area contributed by atoms with Crippen LogP contribution in [0.15, 0.2) is 78.1 Å². The van der Waals surface area contributed by atoms with Gasteiger partial charge in [0.05, 0.1) is 24.9 Å². The highest BCUT2D eigenvalue weighted by Crippen LogP contribution is 2.27. The van der Waals surface area contributed by atoms with E-state index in [1.54, 1.807) is 12.1 Å². The highest BCUT2D eigenvalue weighted by Gasteiger charge is 2.41.